The van der Waals surface area contributed by atoms with Crippen LogP contribution in [0.5, 0.6) is 5.75 Å². The summed E-state index contributed by atoms with van der Waals surface area (Å²) in [6, 6.07) is 3.88. The average molecular weight is 283 g/mol. The first-order chi connectivity index (χ1) is 9.45. The molecule has 20 heavy (non-hydrogen) atoms. The Morgan fingerprint density at radius 2 is 2.15 bits per heavy atom. The van der Waals surface area contributed by atoms with Crippen LogP contribution in [0.1, 0.15) is 45.3 Å². The molecule has 5 heteroatoms. The maximum atomic E-state index is 13.2. The molecule has 0 saturated heterocycles. The van der Waals surface area contributed by atoms with Crippen LogP contribution in [0.15, 0.2) is 18.2 Å². The summed E-state index contributed by atoms with van der Waals surface area (Å²) < 4.78 is 18.7. The van der Waals surface area contributed by atoms with Crippen molar-refractivity contribution in [3.8, 4) is 5.75 Å². The zero-order chi connectivity index (χ0) is 15.1. The van der Waals surface area contributed by atoms with Crippen LogP contribution < -0.4 is 10.1 Å². The molecule has 2 atom stereocenters. The maximum absolute atomic E-state index is 13.2. The van der Waals surface area contributed by atoms with Crippen molar-refractivity contribution in [3.63, 3.8) is 0 Å². The summed E-state index contributed by atoms with van der Waals surface area (Å²) in [5.74, 6) is -0.527. The van der Waals surface area contributed by atoms with E-state index in [2.05, 4.69) is 5.32 Å². The van der Waals surface area contributed by atoms with Gasteiger partial charge in [0.25, 0.3) is 5.91 Å². The van der Waals surface area contributed by atoms with Gasteiger partial charge in [-0.15, -0.1) is 0 Å². The van der Waals surface area contributed by atoms with Gasteiger partial charge in [0.2, 0.25) is 0 Å². The van der Waals surface area contributed by atoms with Crippen LogP contribution in [-0.2, 0) is 4.79 Å². The Hall–Kier alpha value is -1.62. The third-order valence-corrected chi connectivity index (χ3v) is 2.93. The SMILES string of the molecule is CCCCNC(=O)C(C)Oc1cc(F)ccc1C(C)O. The van der Waals surface area contributed by atoms with Gasteiger partial charge in [-0.2, -0.15) is 0 Å². The summed E-state index contributed by atoms with van der Waals surface area (Å²) in [6.45, 7) is 5.78. The lowest BCUT2D eigenvalue weighted by Crippen LogP contribution is -2.37. The molecular formula is C15H22FNO3. The van der Waals surface area contributed by atoms with Crippen molar-refractivity contribution in [2.45, 2.75) is 45.8 Å². The van der Waals surface area contributed by atoms with Gasteiger partial charge in [0.1, 0.15) is 11.6 Å². The fraction of sp³-hybridized carbons (Fsp3) is 0.533. The summed E-state index contributed by atoms with van der Waals surface area (Å²) >= 11 is 0. The van der Waals surface area contributed by atoms with Crippen LogP contribution in [-0.4, -0.2) is 23.7 Å². The smallest absolute Gasteiger partial charge is 0.260 e. The third-order valence-electron chi connectivity index (χ3n) is 2.93. The molecule has 4 nitrogen and oxygen atoms in total. The molecule has 0 aliphatic rings. The maximum Gasteiger partial charge on any atom is 0.260 e. The minimum atomic E-state index is -0.791. The molecule has 0 saturated carbocycles. The minimum absolute atomic E-state index is 0.193. The number of benzene rings is 1. The molecule has 0 bridgehead atoms. The molecule has 0 spiro atoms. The van der Waals surface area contributed by atoms with Gasteiger partial charge in [-0.25, -0.2) is 4.39 Å². The Kier molecular flexibility index (Phi) is 6.45. The monoisotopic (exact) mass is 283 g/mol. The number of rotatable bonds is 7. The molecule has 0 heterocycles. The van der Waals surface area contributed by atoms with Crippen LogP contribution >= 0.6 is 0 Å². The Bertz CT molecular complexity index is 449. The second-order valence-corrected chi connectivity index (χ2v) is 4.76. The Balaban J connectivity index is 2.71. The number of halogens is 1. The highest BCUT2D eigenvalue weighted by molar-refractivity contribution is 5.80. The molecule has 0 aliphatic carbocycles. The van der Waals surface area contributed by atoms with E-state index < -0.39 is 18.0 Å². The number of hydrogen-bond donors (Lipinski definition) is 2. The molecule has 0 aromatic heterocycles. The number of aliphatic hydroxyl groups is 1. The molecule has 1 amide bonds. The molecule has 112 valence electrons. The first-order valence-electron chi connectivity index (χ1n) is 6.87. The van der Waals surface area contributed by atoms with E-state index >= 15 is 0 Å². The van der Waals surface area contributed by atoms with Crippen LogP contribution in [0.4, 0.5) is 4.39 Å². The molecule has 0 fully saturated rings. The topological polar surface area (TPSA) is 58.6 Å². The van der Waals surface area contributed by atoms with Crippen LogP contribution in [0, 0.1) is 5.82 Å². The highest BCUT2D eigenvalue weighted by Crippen LogP contribution is 2.26. The van der Waals surface area contributed by atoms with E-state index in [0.29, 0.717) is 12.1 Å². The standard InChI is InChI=1S/C15H22FNO3/c1-4-5-8-17-15(19)11(3)20-14-9-12(16)6-7-13(14)10(2)18/h6-7,9-11,18H,4-5,8H2,1-3H3,(H,17,19). The zero-order valence-corrected chi connectivity index (χ0v) is 12.1. The van der Waals surface area contributed by atoms with Crippen LogP contribution in [0.2, 0.25) is 0 Å². The van der Waals surface area contributed by atoms with Gasteiger partial charge in [0.15, 0.2) is 6.10 Å². The largest absolute Gasteiger partial charge is 0.480 e. The van der Waals surface area contributed by atoms with Crippen molar-refractivity contribution in [2.75, 3.05) is 6.54 Å². The van der Waals surface area contributed by atoms with Gasteiger partial charge in [0, 0.05) is 18.2 Å². The summed E-state index contributed by atoms with van der Waals surface area (Å²) in [5, 5.41) is 12.4. The van der Waals surface area contributed by atoms with Gasteiger partial charge in [-0.1, -0.05) is 13.3 Å². The fourth-order valence-electron chi connectivity index (χ4n) is 1.73. The summed E-state index contributed by atoms with van der Waals surface area (Å²) in [4.78, 5) is 11.8. The molecule has 1 aromatic rings. The van der Waals surface area contributed by atoms with Gasteiger partial charge in [-0.05, 0) is 32.4 Å². The molecule has 0 radical (unpaired) electrons. The molecule has 1 rings (SSSR count). The van der Waals surface area contributed by atoms with Gasteiger partial charge in [0.05, 0.1) is 6.10 Å². The number of carbonyl (C=O) groups is 1. The van der Waals surface area contributed by atoms with Crippen molar-refractivity contribution in [2.24, 2.45) is 0 Å². The van der Waals surface area contributed by atoms with Gasteiger partial charge in [-0.3, -0.25) is 4.79 Å². The second-order valence-electron chi connectivity index (χ2n) is 4.76. The average Bonchev–Trinajstić information content (AvgIpc) is 2.38. The number of ether oxygens (including phenoxy) is 1. The summed E-state index contributed by atoms with van der Waals surface area (Å²) in [5.41, 5.74) is 0.458. The van der Waals surface area contributed by atoms with E-state index in [1.165, 1.54) is 18.2 Å². The van der Waals surface area contributed by atoms with Crippen molar-refractivity contribution in [1.29, 1.82) is 0 Å². The van der Waals surface area contributed by atoms with Crippen molar-refractivity contribution < 1.29 is 19.0 Å². The van der Waals surface area contributed by atoms with Gasteiger partial charge >= 0.3 is 0 Å². The Morgan fingerprint density at radius 3 is 2.75 bits per heavy atom. The lowest BCUT2D eigenvalue weighted by Gasteiger charge is -2.18. The molecule has 2 N–H and O–H groups in total. The highest BCUT2D eigenvalue weighted by atomic mass is 19.1. The number of nitrogens with one attached hydrogen (secondary N) is 1. The predicted octanol–water partition coefficient (Wildman–Crippen LogP) is 2.56. The van der Waals surface area contributed by atoms with E-state index in [9.17, 15) is 14.3 Å². The number of carbonyl (C=O) groups excluding carboxylic acids is 1. The predicted molar refractivity (Wildman–Crippen MR) is 75.0 cm³/mol. The normalized spacial score (nSPS) is 13.7. The fourth-order valence-corrected chi connectivity index (χ4v) is 1.73. The molecule has 2 unspecified atom stereocenters. The van der Waals surface area contributed by atoms with E-state index in [0.717, 1.165) is 12.8 Å². The van der Waals surface area contributed by atoms with Crippen molar-refractivity contribution in [1.82, 2.24) is 5.32 Å². The van der Waals surface area contributed by atoms with Crippen LogP contribution in [0.25, 0.3) is 0 Å². The van der Waals surface area contributed by atoms with E-state index in [1.807, 2.05) is 6.92 Å². The zero-order valence-electron chi connectivity index (χ0n) is 12.1. The van der Waals surface area contributed by atoms with Gasteiger partial charge < -0.3 is 15.2 Å². The van der Waals surface area contributed by atoms with E-state index in [-0.39, 0.29) is 11.7 Å². The number of unbranched alkanes of at least 4 members (excludes halogenated alkanes) is 1. The van der Waals surface area contributed by atoms with Crippen LogP contribution in [0.3, 0.4) is 0 Å². The number of hydrogen-bond acceptors (Lipinski definition) is 3. The Labute approximate surface area is 119 Å². The van der Waals surface area contributed by atoms with E-state index in [1.54, 1.807) is 13.8 Å². The quantitative estimate of drug-likeness (QED) is 0.756. The Morgan fingerprint density at radius 1 is 1.45 bits per heavy atom. The lowest BCUT2D eigenvalue weighted by molar-refractivity contribution is -0.127. The molecule has 1 aromatic carbocycles. The lowest BCUT2D eigenvalue weighted by atomic mass is 10.1. The molecule has 0 aliphatic heterocycles. The third kappa shape index (κ3) is 4.81. The van der Waals surface area contributed by atoms with E-state index in [4.69, 9.17) is 4.74 Å². The second kappa shape index (κ2) is 7.85. The molecular weight excluding hydrogens is 261 g/mol. The first-order valence-corrected chi connectivity index (χ1v) is 6.87. The van der Waals surface area contributed by atoms with Crippen molar-refractivity contribution in [3.05, 3.63) is 29.6 Å². The number of amides is 1. The summed E-state index contributed by atoms with van der Waals surface area (Å²) in [6.07, 6.45) is 0.357. The number of aliphatic hydroxyl groups excluding tert-OH is 1. The van der Waals surface area contributed by atoms with Crippen molar-refractivity contribution >= 4 is 5.91 Å². The first kappa shape index (κ1) is 16.4. The minimum Gasteiger partial charge on any atom is -0.480 e. The summed E-state index contributed by atoms with van der Waals surface area (Å²) in [7, 11) is 0. The highest BCUT2D eigenvalue weighted by Gasteiger charge is 2.18.